The predicted octanol–water partition coefficient (Wildman–Crippen LogP) is 5.27. The number of aromatic nitrogens is 2. The van der Waals surface area contributed by atoms with Gasteiger partial charge >= 0.3 is 5.97 Å². The molecule has 1 atom stereocenters. The molecule has 0 aliphatic heterocycles. The molecule has 0 saturated heterocycles. The SMILES string of the molecule is COCCn1c(-c2ccc(SC(C)(C)C(=O)O)cc2)nc(C)c1C(=O)NC1CCCc2ccccc21. The molecular weight excluding hydrogens is 474 g/mol. The molecule has 3 aromatic rings. The van der Waals surface area contributed by atoms with Gasteiger partial charge in [-0.05, 0) is 63.3 Å². The number of carboxylic acid groups (broad SMARTS) is 1. The average Bonchev–Trinajstić information content (AvgIpc) is 3.19. The predicted molar refractivity (Wildman–Crippen MR) is 141 cm³/mol. The largest absolute Gasteiger partial charge is 0.480 e. The first-order valence-electron chi connectivity index (χ1n) is 12.2. The molecule has 7 nitrogen and oxygen atoms in total. The molecule has 0 radical (unpaired) electrons. The van der Waals surface area contributed by atoms with Gasteiger partial charge in [-0.2, -0.15) is 0 Å². The standard InChI is InChI=1S/C28H33N3O4S/c1-18-24(26(32)30-23-11-7-9-19-8-5-6-10-22(19)23)31(16-17-35-4)25(29-18)20-12-14-21(15-13-20)36-28(2,3)27(33)34/h5-6,8,10,12-15,23H,7,9,11,16-17H2,1-4H3,(H,30,32)(H,33,34). The van der Waals surface area contributed by atoms with Crippen molar-refractivity contribution in [2.45, 2.75) is 62.3 Å². The number of hydrogen-bond acceptors (Lipinski definition) is 5. The first-order valence-corrected chi connectivity index (χ1v) is 13.0. The van der Waals surface area contributed by atoms with E-state index in [1.807, 2.05) is 47.9 Å². The second-order valence-corrected chi connectivity index (χ2v) is 11.3. The van der Waals surface area contributed by atoms with Gasteiger partial charge in [0.1, 0.15) is 16.3 Å². The second kappa shape index (κ2) is 10.9. The van der Waals surface area contributed by atoms with Crippen molar-refractivity contribution in [2.75, 3.05) is 13.7 Å². The van der Waals surface area contributed by atoms with Crippen LogP contribution in [-0.4, -0.2) is 45.0 Å². The van der Waals surface area contributed by atoms with Crippen LogP contribution in [0.2, 0.25) is 0 Å². The molecule has 0 fully saturated rings. The van der Waals surface area contributed by atoms with E-state index in [0.717, 1.165) is 29.7 Å². The summed E-state index contributed by atoms with van der Waals surface area (Å²) in [5, 5.41) is 12.7. The number of rotatable bonds is 9. The van der Waals surface area contributed by atoms with Gasteiger partial charge in [0.25, 0.3) is 5.91 Å². The van der Waals surface area contributed by atoms with E-state index >= 15 is 0 Å². The molecular formula is C28H33N3O4S. The molecule has 1 aliphatic carbocycles. The number of nitrogens with zero attached hydrogens (tertiary/aromatic N) is 2. The third kappa shape index (κ3) is 5.50. The van der Waals surface area contributed by atoms with Crippen molar-refractivity contribution in [1.82, 2.24) is 14.9 Å². The smallest absolute Gasteiger partial charge is 0.319 e. The van der Waals surface area contributed by atoms with Crippen LogP contribution in [0.4, 0.5) is 0 Å². The molecule has 8 heteroatoms. The van der Waals surface area contributed by atoms with Crippen molar-refractivity contribution in [3.63, 3.8) is 0 Å². The van der Waals surface area contributed by atoms with Gasteiger partial charge in [0.2, 0.25) is 0 Å². The zero-order valence-corrected chi connectivity index (χ0v) is 22.0. The van der Waals surface area contributed by atoms with Gasteiger partial charge in [-0.25, -0.2) is 4.98 Å². The topological polar surface area (TPSA) is 93.4 Å². The zero-order valence-electron chi connectivity index (χ0n) is 21.2. The number of carbonyl (C=O) groups excluding carboxylic acids is 1. The molecule has 1 heterocycles. The van der Waals surface area contributed by atoms with Crippen LogP contribution in [0.1, 0.15) is 60.0 Å². The number of hydrogen-bond donors (Lipinski definition) is 2. The van der Waals surface area contributed by atoms with E-state index in [0.29, 0.717) is 30.4 Å². The van der Waals surface area contributed by atoms with Crippen molar-refractivity contribution >= 4 is 23.6 Å². The Bertz CT molecular complexity index is 1250. The summed E-state index contributed by atoms with van der Waals surface area (Å²) >= 11 is 1.29. The Balaban J connectivity index is 1.63. The van der Waals surface area contributed by atoms with E-state index < -0.39 is 10.7 Å². The summed E-state index contributed by atoms with van der Waals surface area (Å²) < 4.78 is 6.32. The number of carboxylic acids is 1. The van der Waals surface area contributed by atoms with Gasteiger partial charge in [0.15, 0.2) is 0 Å². The first-order chi connectivity index (χ1) is 17.2. The number of amides is 1. The number of nitrogens with one attached hydrogen (secondary N) is 1. The van der Waals surface area contributed by atoms with Crippen LogP contribution in [0.5, 0.6) is 0 Å². The molecule has 0 saturated carbocycles. The van der Waals surface area contributed by atoms with Gasteiger partial charge in [0.05, 0.1) is 18.3 Å². The molecule has 36 heavy (non-hydrogen) atoms. The Hall–Kier alpha value is -3.10. The lowest BCUT2D eigenvalue weighted by molar-refractivity contribution is -0.138. The molecule has 2 N–H and O–H groups in total. The fourth-order valence-electron chi connectivity index (χ4n) is 4.62. The number of methoxy groups -OCH3 is 1. The van der Waals surface area contributed by atoms with Crippen molar-refractivity contribution in [2.24, 2.45) is 0 Å². The van der Waals surface area contributed by atoms with Gasteiger partial charge in [-0.15, -0.1) is 11.8 Å². The highest BCUT2D eigenvalue weighted by Gasteiger charge is 2.29. The van der Waals surface area contributed by atoms with Crippen LogP contribution in [0.3, 0.4) is 0 Å². The Morgan fingerprint density at radius 3 is 2.61 bits per heavy atom. The minimum atomic E-state index is -0.933. The minimum Gasteiger partial charge on any atom is -0.480 e. The maximum atomic E-state index is 13.6. The first kappa shape index (κ1) is 26.0. The lowest BCUT2D eigenvalue weighted by atomic mass is 9.87. The van der Waals surface area contributed by atoms with Crippen molar-refractivity contribution in [3.05, 3.63) is 71.0 Å². The number of ether oxygens (including phenoxy) is 1. The fraction of sp³-hybridized carbons (Fsp3) is 0.393. The van der Waals surface area contributed by atoms with Crippen molar-refractivity contribution in [3.8, 4) is 11.4 Å². The minimum absolute atomic E-state index is 0.0232. The number of fused-ring (bicyclic) bond motifs is 1. The Labute approximate surface area is 216 Å². The Morgan fingerprint density at radius 2 is 1.92 bits per heavy atom. The van der Waals surface area contributed by atoms with E-state index in [1.165, 1.54) is 22.9 Å². The molecule has 1 aromatic heterocycles. The molecule has 190 valence electrons. The van der Waals surface area contributed by atoms with Gasteiger partial charge < -0.3 is 19.7 Å². The van der Waals surface area contributed by atoms with Crippen LogP contribution < -0.4 is 5.32 Å². The molecule has 0 spiro atoms. The van der Waals surface area contributed by atoms with Crippen LogP contribution in [0, 0.1) is 6.92 Å². The summed E-state index contributed by atoms with van der Waals surface area (Å²) in [6, 6.07) is 15.9. The van der Waals surface area contributed by atoms with E-state index in [1.54, 1.807) is 21.0 Å². The fourth-order valence-corrected chi connectivity index (χ4v) is 5.57. The Kier molecular flexibility index (Phi) is 7.85. The maximum absolute atomic E-state index is 13.6. The van der Waals surface area contributed by atoms with E-state index in [4.69, 9.17) is 9.72 Å². The van der Waals surface area contributed by atoms with E-state index in [2.05, 4.69) is 17.4 Å². The van der Waals surface area contributed by atoms with Crippen LogP contribution >= 0.6 is 11.8 Å². The van der Waals surface area contributed by atoms with Gasteiger partial charge in [0, 0.05) is 24.1 Å². The highest BCUT2D eigenvalue weighted by molar-refractivity contribution is 8.01. The van der Waals surface area contributed by atoms with Gasteiger partial charge in [-0.3, -0.25) is 9.59 Å². The Morgan fingerprint density at radius 1 is 1.19 bits per heavy atom. The second-order valence-electron chi connectivity index (χ2n) is 9.57. The molecule has 4 rings (SSSR count). The van der Waals surface area contributed by atoms with E-state index in [-0.39, 0.29) is 11.9 Å². The van der Waals surface area contributed by atoms with Crippen molar-refractivity contribution < 1.29 is 19.4 Å². The molecule has 1 unspecified atom stereocenters. The normalized spacial score (nSPS) is 15.4. The summed E-state index contributed by atoms with van der Waals surface area (Å²) in [6.07, 6.45) is 2.99. The third-order valence-corrected chi connectivity index (χ3v) is 7.74. The highest BCUT2D eigenvalue weighted by Crippen LogP contribution is 2.34. The lowest BCUT2D eigenvalue weighted by Crippen LogP contribution is -2.33. The summed E-state index contributed by atoms with van der Waals surface area (Å²) in [5.41, 5.74) is 4.54. The number of carbonyl (C=O) groups is 2. The summed E-state index contributed by atoms with van der Waals surface area (Å²) in [4.78, 5) is 30.7. The third-order valence-electron chi connectivity index (χ3n) is 6.55. The van der Waals surface area contributed by atoms with Crippen LogP contribution in [0.15, 0.2) is 53.4 Å². The quantitative estimate of drug-likeness (QED) is 0.384. The monoisotopic (exact) mass is 507 g/mol. The average molecular weight is 508 g/mol. The molecule has 2 aromatic carbocycles. The summed E-state index contributed by atoms with van der Waals surface area (Å²) in [6.45, 7) is 6.15. The molecule has 0 bridgehead atoms. The number of aliphatic carboxylic acids is 1. The summed E-state index contributed by atoms with van der Waals surface area (Å²) in [7, 11) is 1.64. The highest BCUT2D eigenvalue weighted by atomic mass is 32.2. The number of aryl methyl sites for hydroxylation is 2. The van der Waals surface area contributed by atoms with Crippen molar-refractivity contribution in [1.29, 1.82) is 0 Å². The maximum Gasteiger partial charge on any atom is 0.319 e. The number of benzene rings is 2. The van der Waals surface area contributed by atoms with E-state index in [9.17, 15) is 14.7 Å². The van der Waals surface area contributed by atoms with Crippen LogP contribution in [0.25, 0.3) is 11.4 Å². The molecule has 1 aliphatic rings. The summed E-state index contributed by atoms with van der Waals surface area (Å²) in [5.74, 6) is -0.314. The van der Waals surface area contributed by atoms with Gasteiger partial charge in [-0.1, -0.05) is 36.4 Å². The number of thioether (sulfide) groups is 1. The zero-order chi connectivity index (χ0) is 25.9. The number of imidazole rings is 1. The van der Waals surface area contributed by atoms with Crippen LogP contribution in [-0.2, 0) is 22.5 Å². The lowest BCUT2D eigenvalue weighted by Gasteiger charge is -2.26. The molecule has 1 amide bonds.